The van der Waals surface area contributed by atoms with E-state index in [1.54, 1.807) is 0 Å². The van der Waals surface area contributed by atoms with E-state index in [9.17, 15) is 0 Å². The summed E-state index contributed by atoms with van der Waals surface area (Å²) in [6.07, 6.45) is 2.59. The van der Waals surface area contributed by atoms with Gasteiger partial charge in [0.1, 0.15) is 0 Å². The highest BCUT2D eigenvalue weighted by molar-refractivity contribution is 5.73. The van der Waals surface area contributed by atoms with Crippen LogP contribution in [0.2, 0.25) is 0 Å². The van der Waals surface area contributed by atoms with E-state index in [1.807, 2.05) is 18.2 Å². The van der Waals surface area contributed by atoms with E-state index in [1.165, 1.54) is 18.5 Å². The Balaban J connectivity index is 1.78. The monoisotopic (exact) mass is 256 g/mol. The minimum Gasteiger partial charge on any atom is -0.382 e. The first-order chi connectivity index (χ1) is 9.36. The van der Waals surface area contributed by atoms with Gasteiger partial charge in [0.25, 0.3) is 0 Å². The zero-order valence-electron chi connectivity index (χ0n) is 11.2. The number of nitrogens with zero attached hydrogens (tertiary/aromatic N) is 2. The normalized spacial score (nSPS) is 22.3. The molecule has 100 valence electrons. The van der Waals surface area contributed by atoms with Gasteiger partial charge in [-0.1, -0.05) is 0 Å². The van der Waals surface area contributed by atoms with Crippen molar-refractivity contribution in [3.05, 3.63) is 23.8 Å². The molecule has 0 radical (unpaired) electrons. The Morgan fingerprint density at radius 3 is 3.11 bits per heavy atom. The molecule has 0 saturated carbocycles. The molecule has 1 atom stereocenters. The lowest BCUT2D eigenvalue weighted by Gasteiger charge is -2.36. The summed E-state index contributed by atoms with van der Waals surface area (Å²) in [4.78, 5) is 2.43. The van der Waals surface area contributed by atoms with Crippen LogP contribution in [0.4, 0.5) is 11.4 Å². The maximum atomic E-state index is 9.05. The number of benzene rings is 1. The highest BCUT2D eigenvalue weighted by Gasteiger charge is 2.21. The van der Waals surface area contributed by atoms with Gasteiger partial charge in [-0.3, -0.25) is 0 Å². The van der Waals surface area contributed by atoms with E-state index in [-0.39, 0.29) is 0 Å². The van der Waals surface area contributed by atoms with Gasteiger partial charge in [0.15, 0.2) is 0 Å². The van der Waals surface area contributed by atoms with Gasteiger partial charge >= 0.3 is 0 Å². The van der Waals surface area contributed by atoms with Crippen LogP contribution in [0, 0.1) is 17.2 Å². The number of rotatable bonds is 2. The van der Waals surface area contributed by atoms with Crippen LogP contribution in [0.3, 0.4) is 0 Å². The molecule has 0 aromatic heterocycles. The smallest absolute Gasteiger partial charge is 0.0992 e. The van der Waals surface area contributed by atoms with E-state index in [2.05, 4.69) is 21.6 Å². The van der Waals surface area contributed by atoms with Gasteiger partial charge in [-0.25, -0.2) is 0 Å². The first kappa shape index (κ1) is 12.3. The number of piperidine rings is 1. The molecule has 2 N–H and O–H groups in total. The third kappa shape index (κ3) is 2.66. The van der Waals surface area contributed by atoms with Crippen molar-refractivity contribution in [3.8, 4) is 6.07 Å². The molecular formula is C15H20N4. The van der Waals surface area contributed by atoms with Crippen LogP contribution in [-0.4, -0.2) is 32.7 Å². The van der Waals surface area contributed by atoms with Crippen LogP contribution in [-0.2, 0) is 0 Å². The standard InChI is InChI=1S/C15H20N4/c16-9-12-3-4-14-15(8-12)19(7-6-18-14)11-13-2-1-5-17-10-13/h3-4,8,13,17-18H,1-2,5-7,10-11H2. The molecular weight excluding hydrogens is 236 g/mol. The number of anilines is 2. The Morgan fingerprint density at radius 1 is 1.37 bits per heavy atom. The Morgan fingerprint density at radius 2 is 2.32 bits per heavy atom. The summed E-state index contributed by atoms with van der Waals surface area (Å²) >= 11 is 0. The molecule has 19 heavy (non-hydrogen) atoms. The first-order valence-electron chi connectivity index (χ1n) is 7.10. The maximum Gasteiger partial charge on any atom is 0.0992 e. The molecule has 4 nitrogen and oxygen atoms in total. The van der Waals surface area contributed by atoms with Crippen LogP contribution in [0.15, 0.2) is 18.2 Å². The molecule has 0 amide bonds. The van der Waals surface area contributed by atoms with Gasteiger partial charge in [0, 0.05) is 19.6 Å². The van der Waals surface area contributed by atoms with Crippen molar-refractivity contribution in [2.75, 3.05) is 42.9 Å². The molecule has 2 aliphatic rings. The van der Waals surface area contributed by atoms with Gasteiger partial charge in [0.2, 0.25) is 0 Å². The van der Waals surface area contributed by atoms with Crippen molar-refractivity contribution in [1.29, 1.82) is 5.26 Å². The largest absolute Gasteiger partial charge is 0.382 e. The minimum absolute atomic E-state index is 0.727. The lowest BCUT2D eigenvalue weighted by atomic mass is 9.98. The van der Waals surface area contributed by atoms with Crippen LogP contribution < -0.4 is 15.5 Å². The minimum atomic E-state index is 0.727. The van der Waals surface area contributed by atoms with Crippen LogP contribution in [0.1, 0.15) is 18.4 Å². The van der Waals surface area contributed by atoms with E-state index >= 15 is 0 Å². The Hall–Kier alpha value is -1.73. The summed E-state index contributed by atoms with van der Waals surface area (Å²) in [5, 5.41) is 15.9. The Kier molecular flexibility index (Phi) is 3.56. The zero-order chi connectivity index (χ0) is 13.1. The number of fused-ring (bicyclic) bond motifs is 1. The molecule has 3 rings (SSSR count). The molecule has 0 bridgehead atoms. The summed E-state index contributed by atoms with van der Waals surface area (Å²) in [5.74, 6) is 0.727. The average Bonchev–Trinajstić information content (AvgIpc) is 2.48. The lowest BCUT2D eigenvalue weighted by Crippen LogP contribution is -2.42. The molecule has 1 saturated heterocycles. The zero-order valence-corrected chi connectivity index (χ0v) is 11.2. The van der Waals surface area contributed by atoms with Crippen molar-refractivity contribution >= 4 is 11.4 Å². The molecule has 0 spiro atoms. The number of nitrogens with one attached hydrogen (secondary N) is 2. The molecule has 2 aliphatic heterocycles. The highest BCUT2D eigenvalue weighted by atomic mass is 15.2. The first-order valence-corrected chi connectivity index (χ1v) is 7.10. The molecule has 2 heterocycles. The molecule has 1 unspecified atom stereocenters. The van der Waals surface area contributed by atoms with Crippen molar-refractivity contribution < 1.29 is 0 Å². The lowest BCUT2D eigenvalue weighted by molar-refractivity contribution is 0.377. The van der Waals surface area contributed by atoms with Crippen molar-refractivity contribution in [2.24, 2.45) is 5.92 Å². The van der Waals surface area contributed by atoms with E-state index in [0.29, 0.717) is 0 Å². The third-order valence-corrected chi connectivity index (χ3v) is 4.04. The number of hydrogen-bond acceptors (Lipinski definition) is 4. The second-order valence-electron chi connectivity index (χ2n) is 5.43. The van der Waals surface area contributed by atoms with Gasteiger partial charge in [-0.2, -0.15) is 5.26 Å². The fourth-order valence-electron chi connectivity index (χ4n) is 3.04. The predicted octanol–water partition coefficient (Wildman–Crippen LogP) is 1.79. The molecule has 1 aromatic rings. The molecule has 1 fully saturated rings. The molecule has 0 aliphatic carbocycles. The van der Waals surface area contributed by atoms with E-state index < -0.39 is 0 Å². The third-order valence-electron chi connectivity index (χ3n) is 4.04. The van der Waals surface area contributed by atoms with Crippen LogP contribution in [0.25, 0.3) is 0 Å². The number of hydrogen-bond donors (Lipinski definition) is 2. The topological polar surface area (TPSA) is 51.1 Å². The predicted molar refractivity (Wildman–Crippen MR) is 77.5 cm³/mol. The van der Waals surface area contributed by atoms with E-state index in [0.717, 1.165) is 49.9 Å². The second-order valence-corrected chi connectivity index (χ2v) is 5.43. The van der Waals surface area contributed by atoms with Gasteiger partial charge < -0.3 is 15.5 Å². The molecule has 1 aromatic carbocycles. The molecule has 4 heteroatoms. The fraction of sp³-hybridized carbons (Fsp3) is 0.533. The van der Waals surface area contributed by atoms with Crippen LogP contribution >= 0.6 is 0 Å². The summed E-state index contributed by atoms with van der Waals surface area (Å²) in [5.41, 5.74) is 3.10. The fourth-order valence-corrected chi connectivity index (χ4v) is 3.04. The average molecular weight is 256 g/mol. The quantitative estimate of drug-likeness (QED) is 0.847. The van der Waals surface area contributed by atoms with Crippen molar-refractivity contribution in [2.45, 2.75) is 12.8 Å². The van der Waals surface area contributed by atoms with Gasteiger partial charge in [-0.15, -0.1) is 0 Å². The Labute approximate surface area is 114 Å². The van der Waals surface area contributed by atoms with Crippen LogP contribution in [0.5, 0.6) is 0 Å². The van der Waals surface area contributed by atoms with Crippen molar-refractivity contribution in [1.82, 2.24) is 5.32 Å². The Bertz CT molecular complexity index is 485. The highest BCUT2D eigenvalue weighted by Crippen LogP contribution is 2.31. The van der Waals surface area contributed by atoms with Gasteiger partial charge in [0.05, 0.1) is 23.0 Å². The second kappa shape index (κ2) is 5.50. The van der Waals surface area contributed by atoms with E-state index in [4.69, 9.17) is 5.26 Å². The number of nitriles is 1. The SMILES string of the molecule is N#Cc1ccc2c(c1)N(CC1CCCNC1)CCN2. The van der Waals surface area contributed by atoms with Gasteiger partial charge in [-0.05, 0) is 50.0 Å². The summed E-state index contributed by atoms with van der Waals surface area (Å²) in [6, 6.07) is 8.16. The summed E-state index contributed by atoms with van der Waals surface area (Å²) in [6.45, 7) is 5.39. The summed E-state index contributed by atoms with van der Waals surface area (Å²) < 4.78 is 0. The maximum absolute atomic E-state index is 9.05. The summed E-state index contributed by atoms with van der Waals surface area (Å²) in [7, 11) is 0. The van der Waals surface area contributed by atoms with Crippen molar-refractivity contribution in [3.63, 3.8) is 0 Å².